The van der Waals surface area contributed by atoms with Crippen molar-refractivity contribution in [1.29, 1.82) is 10.5 Å². The van der Waals surface area contributed by atoms with E-state index in [0.29, 0.717) is 20.8 Å². The van der Waals surface area contributed by atoms with Crippen molar-refractivity contribution in [3.8, 4) is 12.1 Å². The normalized spacial score (nSPS) is 11.2. The number of anilines is 2. The predicted molar refractivity (Wildman–Crippen MR) is 97.3 cm³/mol. The summed E-state index contributed by atoms with van der Waals surface area (Å²) in [5.74, 6) is -0.165. The van der Waals surface area contributed by atoms with Gasteiger partial charge in [-0.3, -0.25) is 10.5 Å². The molecule has 0 bridgehead atoms. The van der Waals surface area contributed by atoms with E-state index >= 15 is 0 Å². The third-order valence-corrected chi connectivity index (χ3v) is 4.67. The number of amides is 1. The molecule has 9 heteroatoms. The molecule has 1 atom stereocenters. The van der Waals surface area contributed by atoms with E-state index in [9.17, 15) is 10.1 Å². The summed E-state index contributed by atoms with van der Waals surface area (Å²) in [5.41, 5.74) is 6.61. The topological polar surface area (TPSA) is 117 Å². The van der Waals surface area contributed by atoms with Crippen molar-refractivity contribution < 1.29 is 9.78 Å². The predicted octanol–water partition coefficient (Wildman–Crippen LogP) is 3.25. The van der Waals surface area contributed by atoms with Gasteiger partial charge in [0.25, 0.3) is 5.82 Å². The number of halogens is 2. The van der Waals surface area contributed by atoms with Gasteiger partial charge in [-0.25, -0.2) is 4.98 Å². The second-order valence-corrected chi connectivity index (χ2v) is 7.19. The van der Waals surface area contributed by atoms with Crippen LogP contribution in [0.2, 0.25) is 10.0 Å². The van der Waals surface area contributed by atoms with Crippen molar-refractivity contribution in [2.45, 2.75) is 17.2 Å². The van der Waals surface area contributed by atoms with Crippen LogP contribution in [0.15, 0.2) is 29.3 Å². The zero-order chi connectivity index (χ0) is 18.6. The van der Waals surface area contributed by atoms with Gasteiger partial charge in [0.15, 0.2) is 5.03 Å². The molecular weight excluding hydrogens is 381 g/mol. The highest BCUT2D eigenvalue weighted by molar-refractivity contribution is 8.00. The third kappa shape index (κ3) is 4.77. The van der Waals surface area contributed by atoms with Crippen molar-refractivity contribution >= 4 is 52.4 Å². The average Bonchev–Trinajstić information content (AvgIpc) is 2.54. The second-order valence-electron chi connectivity index (χ2n) is 4.97. The monoisotopic (exact) mass is 392 g/mol. The molecule has 0 saturated carbocycles. The number of rotatable bonds is 4. The molecule has 2 rings (SSSR count). The van der Waals surface area contributed by atoms with E-state index in [-0.39, 0.29) is 22.9 Å². The molecule has 0 aliphatic rings. The fourth-order valence-corrected chi connectivity index (χ4v) is 3.36. The number of nitrogens with one attached hydrogen (secondary N) is 2. The number of carbonyl (C=O) groups excluding carboxylic acids is 1. The van der Waals surface area contributed by atoms with Gasteiger partial charge in [0.1, 0.15) is 23.3 Å². The fourth-order valence-electron chi connectivity index (χ4n) is 1.91. The number of H-pyrrole nitrogens is 1. The summed E-state index contributed by atoms with van der Waals surface area (Å²) in [6.07, 6.45) is 0. The van der Waals surface area contributed by atoms with E-state index < -0.39 is 5.25 Å². The lowest BCUT2D eigenvalue weighted by atomic mass is 10.2. The molecule has 0 aliphatic heterocycles. The number of nitrogens with two attached hydrogens (primary N) is 1. The molecule has 1 aromatic heterocycles. The van der Waals surface area contributed by atoms with E-state index in [0.717, 1.165) is 11.8 Å². The van der Waals surface area contributed by atoms with Crippen molar-refractivity contribution in [3.05, 3.63) is 45.4 Å². The van der Waals surface area contributed by atoms with Crippen LogP contribution < -0.4 is 16.0 Å². The van der Waals surface area contributed by atoms with Gasteiger partial charge in [-0.05, 0) is 31.2 Å². The Bertz CT molecular complexity index is 900. The molecule has 2 aromatic rings. The van der Waals surface area contributed by atoms with Gasteiger partial charge in [0.05, 0.1) is 5.25 Å². The lowest BCUT2D eigenvalue weighted by molar-refractivity contribution is -0.410. The van der Waals surface area contributed by atoms with E-state index in [4.69, 9.17) is 34.2 Å². The minimum Gasteiger partial charge on any atom is -0.325 e. The fraction of sp³-hybridized carbons (Fsp3) is 0.125. The van der Waals surface area contributed by atoms with Crippen molar-refractivity contribution in [2.24, 2.45) is 0 Å². The Labute approximate surface area is 158 Å². The number of carbonyl (C=O) groups is 1. The zero-order valence-corrected chi connectivity index (χ0v) is 15.3. The first-order chi connectivity index (χ1) is 11.8. The van der Waals surface area contributed by atoms with E-state index in [2.05, 4.69) is 10.3 Å². The highest BCUT2D eigenvalue weighted by Crippen LogP contribution is 2.27. The zero-order valence-electron chi connectivity index (χ0n) is 12.9. The first kappa shape index (κ1) is 18.9. The molecule has 1 amide bonds. The molecule has 0 spiro atoms. The molecule has 0 saturated heterocycles. The molecule has 4 N–H and O–H groups in total. The van der Waals surface area contributed by atoms with Crippen LogP contribution in [0.3, 0.4) is 0 Å². The van der Waals surface area contributed by atoms with Crippen LogP contribution in [0.25, 0.3) is 0 Å². The summed E-state index contributed by atoms with van der Waals surface area (Å²) >= 11 is 12.9. The molecule has 0 fully saturated rings. The van der Waals surface area contributed by atoms with Gasteiger partial charge in [-0.15, -0.1) is 0 Å². The number of aromatic nitrogens is 1. The van der Waals surface area contributed by atoms with Gasteiger partial charge >= 0.3 is 0 Å². The molecular formula is C16H12Cl2N5OS+. The lowest BCUT2D eigenvalue weighted by Gasteiger charge is -2.12. The summed E-state index contributed by atoms with van der Waals surface area (Å²) in [7, 11) is 0. The molecule has 126 valence electrons. The van der Waals surface area contributed by atoms with Gasteiger partial charge in [0.2, 0.25) is 5.91 Å². The quantitative estimate of drug-likeness (QED) is 0.774. The molecule has 0 aliphatic carbocycles. The van der Waals surface area contributed by atoms with Gasteiger partial charge in [-0.2, -0.15) is 10.5 Å². The average molecular weight is 393 g/mol. The molecule has 25 heavy (non-hydrogen) atoms. The number of hydrogen-bond donors (Lipinski definition) is 2. The molecule has 6 nitrogen and oxygen atoms in total. The number of thioether (sulfide) groups is 1. The van der Waals surface area contributed by atoms with Crippen molar-refractivity contribution in [2.75, 3.05) is 11.1 Å². The van der Waals surface area contributed by atoms with E-state index in [1.165, 1.54) is 6.07 Å². The second kappa shape index (κ2) is 8.09. The highest BCUT2D eigenvalue weighted by Gasteiger charge is 2.21. The smallest absolute Gasteiger partial charge is 0.289 e. The lowest BCUT2D eigenvalue weighted by Crippen LogP contribution is -2.25. The van der Waals surface area contributed by atoms with Crippen LogP contribution in [0.4, 0.5) is 11.5 Å². The van der Waals surface area contributed by atoms with Crippen molar-refractivity contribution in [3.63, 3.8) is 0 Å². The first-order valence-corrected chi connectivity index (χ1v) is 8.57. The Morgan fingerprint density at radius 1 is 1.20 bits per heavy atom. The van der Waals surface area contributed by atoms with E-state index in [1.807, 2.05) is 12.1 Å². The maximum absolute atomic E-state index is 12.3. The number of nitrogen functional groups attached to an aromatic ring is 1. The van der Waals surface area contributed by atoms with Gasteiger partial charge < -0.3 is 5.32 Å². The van der Waals surface area contributed by atoms with E-state index in [1.54, 1.807) is 25.1 Å². The maximum Gasteiger partial charge on any atom is 0.289 e. The SMILES string of the molecule is C[C@@H](Sc1[nH+]c(N)c(C#N)cc1C#N)C(=O)Nc1cc(Cl)cc(Cl)c1. The molecule has 1 aromatic carbocycles. The van der Waals surface area contributed by atoms with Crippen LogP contribution in [-0.4, -0.2) is 11.2 Å². The Kier molecular flexibility index (Phi) is 6.11. The summed E-state index contributed by atoms with van der Waals surface area (Å²) in [4.78, 5) is 15.1. The summed E-state index contributed by atoms with van der Waals surface area (Å²) in [5, 5.41) is 21.6. The third-order valence-electron chi connectivity index (χ3n) is 3.11. The summed E-state index contributed by atoms with van der Waals surface area (Å²) in [6, 6.07) is 9.98. The van der Waals surface area contributed by atoms with Crippen LogP contribution >= 0.6 is 35.0 Å². The van der Waals surface area contributed by atoms with Crippen LogP contribution in [-0.2, 0) is 4.79 Å². The van der Waals surface area contributed by atoms with Gasteiger partial charge in [0, 0.05) is 15.7 Å². The standard InChI is InChI=1S/C16H11Cl2N5OS/c1-8(15(24)22-13-4-11(17)3-12(18)5-13)25-16-10(7-20)2-9(6-19)14(21)23-16/h2-5,8H,1H3,(H2,21,23)(H,22,24)/p+1/t8-/m1/s1. The number of nitriles is 2. The Morgan fingerprint density at radius 3 is 2.36 bits per heavy atom. The highest BCUT2D eigenvalue weighted by atomic mass is 35.5. The van der Waals surface area contributed by atoms with Gasteiger partial charge in [-0.1, -0.05) is 35.0 Å². The van der Waals surface area contributed by atoms with Crippen LogP contribution in [0, 0.1) is 22.7 Å². The van der Waals surface area contributed by atoms with Crippen LogP contribution in [0.1, 0.15) is 18.1 Å². The molecule has 1 heterocycles. The minimum absolute atomic E-state index is 0.137. The maximum atomic E-state index is 12.3. The molecule has 0 radical (unpaired) electrons. The molecule has 0 unspecified atom stereocenters. The number of hydrogen-bond acceptors (Lipinski definition) is 5. The first-order valence-electron chi connectivity index (χ1n) is 6.93. The van der Waals surface area contributed by atoms with Crippen molar-refractivity contribution in [1.82, 2.24) is 0 Å². The summed E-state index contributed by atoms with van der Waals surface area (Å²) < 4.78 is 0. The Balaban J connectivity index is 2.18. The summed E-state index contributed by atoms with van der Waals surface area (Å²) in [6.45, 7) is 1.68. The minimum atomic E-state index is -0.548. The number of aromatic amines is 1. The Hall–Kier alpha value is -2.45. The number of benzene rings is 1. The Morgan fingerprint density at radius 2 is 1.80 bits per heavy atom. The number of pyridine rings is 1. The number of nitrogens with zero attached hydrogens (tertiary/aromatic N) is 2. The van der Waals surface area contributed by atoms with Crippen LogP contribution in [0.5, 0.6) is 0 Å². The largest absolute Gasteiger partial charge is 0.325 e.